The summed E-state index contributed by atoms with van der Waals surface area (Å²) in [4.78, 5) is 23.5. The van der Waals surface area contributed by atoms with Crippen LogP contribution in [0.4, 0.5) is 4.79 Å². The van der Waals surface area contributed by atoms with E-state index in [0.29, 0.717) is 5.56 Å². The van der Waals surface area contributed by atoms with E-state index in [2.05, 4.69) is 16.2 Å². The van der Waals surface area contributed by atoms with Crippen LogP contribution in [0, 0.1) is 0 Å². The first-order valence-corrected chi connectivity index (χ1v) is 7.17. The summed E-state index contributed by atoms with van der Waals surface area (Å²) in [7, 11) is 1.58. The molecule has 0 spiro atoms. The van der Waals surface area contributed by atoms with Crippen molar-refractivity contribution in [2.45, 2.75) is 6.10 Å². The van der Waals surface area contributed by atoms with E-state index in [9.17, 15) is 9.59 Å². The number of benzene rings is 2. The van der Waals surface area contributed by atoms with Crippen LogP contribution in [-0.4, -0.2) is 25.6 Å². The number of carbonyl (C=O) groups excluding carboxylic acids is 2. The van der Waals surface area contributed by atoms with Crippen molar-refractivity contribution in [1.82, 2.24) is 16.2 Å². The highest BCUT2D eigenvalue weighted by Gasteiger charge is 2.12. The zero-order valence-corrected chi connectivity index (χ0v) is 12.8. The Morgan fingerprint density at radius 3 is 2.17 bits per heavy atom. The normalized spacial score (nSPS) is 11.3. The summed E-state index contributed by atoms with van der Waals surface area (Å²) >= 11 is 0. The van der Waals surface area contributed by atoms with E-state index in [0.717, 1.165) is 5.56 Å². The minimum atomic E-state index is -0.507. The molecule has 0 bridgehead atoms. The van der Waals surface area contributed by atoms with E-state index in [-0.39, 0.29) is 18.6 Å². The number of hydrogen-bond donors (Lipinski definition) is 3. The van der Waals surface area contributed by atoms with Crippen molar-refractivity contribution in [3.8, 4) is 0 Å². The number of methoxy groups -OCH3 is 1. The highest BCUT2D eigenvalue weighted by molar-refractivity contribution is 5.95. The number of hydrogen-bond acceptors (Lipinski definition) is 3. The highest BCUT2D eigenvalue weighted by atomic mass is 16.5. The summed E-state index contributed by atoms with van der Waals surface area (Å²) in [6.45, 7) is 0.285. The van der Waals surface area contributed by atoms with Crippen molar-refractivity contribution in [1.29, 1.82) is 0 Å². The molecule has 6 heteroatoms. The van der Waals surface area contributed by atoms with E-state index in [1.165, 1.54) is 0 Å². The van der Waals surface area contributed by atoms with E-state index in [4.69, 9.17) is 4.74 Å². The lowest BCUT2D eigenvalue weighted by Crippen LogP contribution is -2.47. The van der Waals surface area contributed by atoms with Gasteiger partial charge in [0.15, 0.2) is 0 Å². The quantitative estimate of drug-likeness (QED) is 0.739. The largest absolute Gasteiger partial charge is 0.375 e. The summed E-state index contributed by atoms with van der Waals surface area (Å²) in [5.41, 5.74) is 6.07. The van der Waals surface area contributed by atoms with Crippen molar-refractivity contribution >= 4 is 11.9 Å². The number of urea groups is 1. The number of carbonyl (C=O) groups is 2. The molecule has 0 heterocycles. The maximum absolute atomic E-state index is 11.8. The monoisotopic (exact) mass is 313 g/mol. The summed E-state index contributed by atoms with van der Waals surface area (Å²) in [5, 5.41) is 2.65. The van der Waals surface area contributed by atoms with Crippen molar-refractivity contribution in [2.24, 2.45) is 0 Å². The highest BCUT2D eigenvalue weighted by Crippen LogP contribution is 2.14. The van der Waals surface area contributed by atoms with Gasteiger partial charge in [0.2, 0.25) is 0 Å². The molecule has 1 atom stereocenters. The minimum Gasteiger partial charge on any atom is -0.375 e. The molecule has 0 aliphatic rings. The second kappa shape index (κ2) is 8.55. The zero-order chi connectivity index (χ0) is 16.5. The van der Waals surface area contributed by atoms with Crippen LogP contribution < -0.4 is 16.2 Å². The van der Waals surface area contributed by atoms with Crippen molar-refractivity contribution in [3.63, 3.8) is 0 Å². The van der Waals surface area contributed by atoms with Crippen LogP contribution in [-0.2, 0) is 4.74 Å². The molecule has 0 aliphatic carbocycles. The van der Waals surface area contributed by atoms with Crippen LogP contribution in [0.3, 0.4) is 0 Å². The van der Waals surface area contributed by atoms with Crippen LogP contribution in [0.2, 0.25) is 0 Å². The molecule has 0 radical (unpaired) electrons. The standard InChI is InChI=1S/C17H19N3O3/c1-23-15(13-8-4-2-5-9-13)12-18-17(22)20-19-16(21)14-10-6-3-7-11-14/h2-11,15H,12H2,1H3,(H,19,21)(H2,18,20,22). The molecule has 6 nitrogen and oxygen atoms in total. The second-order valence-corrected chi connectivity index (χ2v) is 4.79. The first-order valence-electron chi connectivity index (χ1n) is 7.17. The summed E-state index contributed by atoms with van der Waals surface area (Å²) in [5.74, 6) is -0.382. The van der Waals surface area contributed by atoms with Gasteiger partial charge in [-0.1, -0.05) is 48.5 Å². The van der Waals surface area contributed by atoms with Crippen LogP contribution >= 0.6 is 0 Å². The van der Waals surface area contributed by atoms with Gasteiger partial charge in [-0.25, -0.2) is 10.2 Å². The molecule has 1 unspecified atom stereocenters. The van der Waals surface area contributed by atoms with Crippen LogP contribution in [0.1, 0.15) is 22.0 Å². The van der Waals surface area contributed by atoms with Gasteiger partial charge in [-0.3, -0.25) is 10.2 Å². The fraction of sp³-hybridized carbons (Fsp3) is 0.176. The molecule has 120 valence electrons. The van der Waals surface area contributed by atoms with Gasteiger partial charge < -0.3 is 10.1 Å². The third-order valence-electron chi connectivity index (χ3n) is 3.23. The smallest absolute Gasteiger partial charge is 0.333 e. The number of rotatable bonds is 5. The van der Waals surface area contributed by atoms with E-state index in [1.54, 1.807) is 31.4 Å². The Hall–Kier alpha value is -2.86. The Morgan fingerprint density at radius 2 is 1.57 bits per heavy atom. The van der Waals surface area contributed by atoms with Gasteiger partial charge in [-0.2, -0.15) is 0 Å². The maximum Gasteiger partial charge on any atom is 0.333 e. The molecule has 0 aromatic heterocycles. The number of amides is 3. The van der Waals surface area contributed by atoms with Gasteiger partial charge in [-0.15, -0.1) is 0 Å². The topological polar surface area (TPSA) is 79.5 Å². The van der Waals surface area contributed by atoms with Crippen LogP contribution in [0.15, 0.2) is 60.7 Å². The Bertz CT molecular complexity index is 632. The molecule has 0 aliphatic heterocycles. The van der Waals surface area contributed by atoms with E-state index < -0.39 is 6.03 Å². The number of ether oxygens (including phenoxy) is 1. The van der Waals surface area contributed by atoms with E-state index >= 15 is 0 Å². The van der Waals surface area contributed by atoms with Gasteiger partial charge in [0, 0.05) is 19.2 Å². The van der Waals surface area contributed by atoms with E-state index in [1.807, 2.05) is 36.4 Å². The van der Waals surface area contributed by atoms with Crippen LogP contribution in [0.25, 0.3) is 0 Å². The molecular formula is C17H19N3O3. The van der Waals surface area contributed by atoms with Gasteiger partial charge in [0.25, 0.3) is 5.91 Å². The predicted molar refractivity (Wildman–Crippen MR) is 86.6 cm³/mol. The lowest BCUT2D eigenvalue weighted by molar-refractivity contribution is 0.0930. The Morgan fingerprint density at radius 1 is 0.957 bits per heavy atom. The average molecular weight is 313 g/mol. The lowest BCUT2D eigenvalue weighted by Gasteiger charge is -2.17. The predicted octanol–water partition coefficient (Wildman–Crippen LogP) is 2.02. The molecule has 0 saturated carbocycles. The molecular weight excluding hydrogens is 294 g/mol. The SMILES string of the molecule is COC(CNC(=O)NNC(=O)c1ccccc1)c1ccccc1. The fourth-order valence-electron chi connectivity index (χ4n) is 2.01. The molecule has 2 rings (SSSR count). The van der Waals surface area contributed by atoms with Gasteiger partial charge in [0.1, 0.15) is 0 Å². The lowest BCUT2D eigenvalue weighted by atomic mass is 10.1. The Balaban J connectivity index is 1.77. The number of nitrogens with one attached hydrogen (secondary N) is 3. The van der Waals surface area contributed by atoms with Gasteiger partial charge >= 0.3 is 6.03 Å². The Kier molecular flexibility index (Phi) is 6.14. The van der Waals surface area contributed by atoms with Crippen LogP contribution in [0.5, 0.6) is 0 Å². The second-order valence-electron chi connectivity index (χ2n) is 4.79. The molecule has 0 saturated heterocycles. The summed E-state index contributed by atoms with van der Waals surface area (Å²) < 4.78 is 5.35. The summed E-state index contributed by atoms with van der Waals surface area (Å²) in [6.07, 6.45) is -0.258. The molecule has 3 N–H and O–H groups in total. The molecule has 2 aromatic rings. The Labute approximate surface area is 134 Å². The minimum absolute atomic E-state index is 0.258. The first-order chi connectivity index (χ1) is 11.2. The van der Waals surface area contributed by atoms with Gasteiger partial charge in [0.05, 0.1) is 6.10 Å². The van der Waals surface area contributed by atoms with Crippen molar-refractivity contribution in [3.05, 3.63) is 71.8 Å². The average Bonchev–Trinajstić information content (AvgIpc) is 2.62. The third-order valence-corrected chi connectivity index (χ3v) is 3.23. The molecule has 3 amide bonds. The zero-order valence-electron chi connectivity index (χ0n) is 12.8. The van der Waals surface area contributed by atoms with Crippen molar-refractivity contribution in [2.75, 3.05) is 13.7 Å². The first kappa shape index (κ1) is 16.5. The van der Waals surface area contributed by atoms with Gasteiger partial charge in [-0.05, 0) is 17.7 Å². The molecule has 0 fully saturated rings. The fourth-order valence-corrected chi connectivity index (χ4v) is 2.01. The number of hydrazine groups is 1. The van der Waals surface area contributed by atoms with Crippen molar-refractivity contribution < 1.29 is 14.3 Å². The molecule has 23 heavy (non-hydrogen) atoms. The molecule has 2 aromatic carbocycles. The summed E-state index contributed by atoms with van der Waals surface area (Å²) in [6, 6.07) is 17.7. The third kappa shape index (κ3) is 5.12. The maximum atomic E-state index is 11.8.